The predicted molar refractivity (Wildman–Crippen MR) is 76.2 cm³/mol. The van der Waals surface area contributed by atoms with Crippen molar-refractivity contribution in [2.45, 2.75) is 39.0 Å². The molecule has 0 spiro atoms. The van der Waals surface area contributed by atoms with Crippen molar-refractivity contribution in [3.05, 3.63) is 30.3 Å². The molecule has 2 rings (SSSR count). The molecule has 0 saturated heterocycles. The van der Waals surface area contributed by atoms with Crippen LogP contribution in [0.3, 0.4) is 0 Å². The zero-order valence-corrected chi connectivity index (χ0v) is 11.6. The molecule has 0 unspecified atom stereocenters. The van der Waals surface area contributed by atoms with Crippen molar-refractivity contribution >= 4 is 6.09 Å². The molecule has 0 atom stereocenters. The fourth-order valence-corrected chi connectivity index (χ4v) is 2.63. The van der Waals surface area contributed by atoms with Crippen molar-refractivity contribution in [1.82, 2.24) is 5.32 Å². The van der Waals surface area contributed by atoms with Crippen molar-refractivity contribution in [2.24, 2.45) is 11.8 Å². The second-order valence-corrected chi connectivity index (χ2v) is 5.54. The van der Waals surface area contributed by atoms with Gasteiger partial charge >= 0.3 is 6.09 Å². The van der Waals surface area contributed by atoms with Gasteiger partial charge in [-0.15, -0.1) is 0 Å². The smallest absolute Gasteiger partial charge is 0.410 e. The van der Waals surface area contributed by atoms with Crippen LogP contribution in [-0.4, -0.2) is 12.6 Å². The Bertz CT molecular complexity index is 383. The van der Waals surface area contributed by atoms with E-state index in [0.29, 0.717) is 12.3 Å². The Hall–Kier alpha value is -1.51. The number of ether oxygens (including phenoxy) is 1. The van der Waals surface area contributed by atoms with E-state index in [-0.39, 0.29) is 6.09 Å². The van der Waals surface area contributed by atoms with Gasteiger partial charge in [-0.2, -0.15) is 0 Å². The average molecular weight is 261 g/mol. The predicted octanol–water partition coefficient (Wildman–Crippen LogP) is 3.99. The molecule has 104 valence electrons. The van der Waals surface area contributed by atoms with E-state index in [1.165, 1.54) is 25.7 Å². The number of carbonyl (C=O) groups excluding carboxylic acids is 1. The molecule has 0 aromatic heterocycles. The van der Waals surface area contributed by atoms with Crippen molar-refractivity contribution in [2.75, 3.05) is 6.54 Å². The molecule has 1 saturated carbocycles. The topological polar surface area (TPSA) is 38.3 Å². The van der Waals surface area contributed by atoms with Crippen molar-refractivity contribution in [1.29, 1.82) is 0 Å². The second kappa shape index (κ2) is 7.17. The molecule has 0 radical (unpaired) electrons. The molecule has 1 N–H and O–H groups in total. The SMILES string of the molecule is CC1CCC(CCNC(=O)Oc2ccccc2)CC1. The maximum absolute atomic E-state index is 11.6. The standard InChI is InChI=1S/C16H23NO2/c1-13-7-9-14(10-8-13)11-12-17-16(18)19-15-5-3-2-4-6-15/h2-6,13-14H,7-12H2,1H3,(H,17,18). The molecule has 1 amide bonds. The fraction of sp³-hybridized carbons (Fsp3) is 0.562. The van der Waals surface area contributed by atoms with E-state index >= 15 is 0 Å². The van der Waals surface area contributed by atoms with Crippen LogP contribution in [-0.2, 0) is 0 Å². The highest BCUT2D eigenvalue weighted by atomic mass is 16.5. The van der Waals surface area contributed by atoms with Crippen LogP contribution in [0.5, 0.6) is 5.75 Å². The Morgan fingerprint density at radius 2 is 1.89 bits per heavy atom. The van der Waals surface area contributed by atoms with E-state index in [1.807, 2.05) is 18.2 Å². The zero-order chi connectivity index (χ0) is 13.5. The van der Waals surface area contributed by atoms with Gasteiger partial charge in [0, 0.05) is 6.54 Å². The van der Waals surface area contributed by atoms with Crippen molar-refractivity contribution in [3.63, 3.8) is 0 Å². The van der Waals surface area contributed by atoms with Crippen LogP contribution >= 0.6 is 0 Å². The van der Waals surface area contributed by atoms with E-state index < -0.39 is 0 Å². The van der Waals surface area contributed by atoms with E-state index in [2.05, 4.69) is 12.2 Å². The largest absolute Gasteiger partial charge is 0.412 e. The van der Waals surface area contributed by atoms with Crippen LogP contribution in [0.2, 0.25) is 0 Å². The molecule has 1 aliphatic rings. The summed E-state index contributed by atoms with van der Waals surface area (Å²) in [4.78, 5) is 11.6. The van der Waals surface area contributed by atoms with Gasteiger partial charge in [-0.1, -0.05) is 50.8 Å². The van der Waals surface area contributed by atoms with Gasteiger partial charge in [0.25, 0.3) is 0 Å². The quantitative estimate of drug-likeness (QED) is 0.890. The molecule has 3 heteroatoms. The lowest BCUT2D eigenvalue weighted by Gasteiger charge is -2.25. The third-order valence-electron chi connectivity index (χ3n) is 3.91. The first kappa shape index (κ1) is 13.9. The lowest BCUT2D eigenvalue weighted by atomic mass is 9.81. The normalized spacial score (nSPS) is 22.8. The Labute approximate surface area is 115 Å². The first-order valence-electron chi connectivity index (χ1n) is 7.25. The zero-order valence-electron chi connectivity index (χ0n) is 11.6. The lowest BCUT2D eigenvalue weighted by molar-refractivity contribution is 0.198. The van der Waals surface area contributed by atoms with Gasteiger partial charge in [-0.25, -0.2) is 4.79 Å². The van der Waals surface area contributed by atoms with E-state index in [1.54, 1.807) is 12.1 Å². The molecular weight excluding hydrogens is 238 g/mol. The van der Waals surface area contributed by atoms with Gasteiger partial charge in [-0.05, 0) is 30.4 Å². The number of hydrogen-bond acceptors (Lipinski definition) is 2. The average Bonchev–Trinajstić information content (AvgIpc) is 2.42. The number of amides is 1. The maximum Gasteiger partial charge on any atom is 0.412 e. The summed E-state index contributed by atoms with van der Waals surface area (Å²) in [6.07, 6.45) is 5.98. The molecule has 0 bridgehead atoms. The molecular formula is C16H23NO2. The summed E-state index contributed by atoms with van der Waals surface area (Å²) in [6.45, 7) is 3.04. The lowest BCUT2D eigenvalue weighted by Crippen LogP contribution is -2.29. The summed E-state index contributed by atoms with van der Waals surface area (Å²) in [7, 11) is 0. The van der Waals surface area contributed by atoms with Gasteiger partial charge in [-0.3, -0.25) is 0 Å². The van der Waals surface area contributed by atoms with Crippen LogP contribution in [0.15, 0.2) is 30.3 Å². The van der Waals surface area contributed by atoms with Crippen LogP contribution < -0.4 is 10.1 Å². The number of benzene rings is 1. The number of rotatable bonds is 4. The van der Waals surface area contributed by atoms with Gasteiger partial charge in [0.2, 0.25) is 0 Å². The molecule has 1 aromatic carbocycles. The summed E-state index contributed by atoms with van der Waals surface area (Å²) < 4.78 is 5.17. The fourth-order valence-electron chi connectivity index (χ4n) is 2.63. The highest BCUT2D eigenvalue weighted by molar-refractivity contribution is 5.70. The molecule has 0 heterocycles. The summed E-state index contributed by atoms with van der Waals surface area (Å²) in [6, 6.07) is 9.16. The number of nitrogens with one attached hydrogen (secondary N) is 1. The molecule has 3 nitrogen and oxygen atoms in total. The van der Waals surface area contributed by atoms with Crippen LogP contribution in [0, 0.1) is 11.8 Å². The summed E-state index contributed by atoms with van der Waals surface area (Å²) in [5, 5.41) is 2.83. The minimum atomic E-state index is -0.352. The van der Waals surface area contributed by atoms with E-state index in [4.69, 9.17) is 4.74 Å². The van der Waals surface area contributed by atoms with E-state index in [0.717, 1.165) is 18.3 Å². The van der Waals surface area contributed by atoms with Crippen LogP contribution in [0.1, 0.15) is 39.0 Å². The van der Waals surface area contributed by atoms with Gasteiger partial charge in [0.1, 0.15) is 5.75 Å². The molecule has 1 aromatic rings. The first-order chi connectivity index (χ1) is 9.24. The third-order valence-corrected chi connectivity index (χ3v) is 3.91. The summed E-state index contributed by atoms with van der Waals surface area (Å²) in [5.74, 6) is 2.24. The molecule has 0 aliphatic heterocycles. The molecule has 1 fully saturated rings. The minimum Gasteiger partial charge on any atom is -0.410 e. The van der Waals surface area contributed by atoms with Gasteiger partial charge < -0.3 is 10.1 Å². The Kier molecular flexibility index (Phi) is 5.25. The highest BCUT2D eigenvalue weighted by Crippen LogP contribution is 2.29. The number of carbonyl (C=O) groups is 1. The third kappa shape index (κ3) is 4.93. The Morgan fingerprint density at radius 1 is 1.21 bits per heavy atom. The molecule has 19 heavy (non-hydrogen) atoms. The van der Waals surface area contributed by atoms with Crippen molar-refractivity contribution < 1.29 is 9.53 Å². The summed E-state index contributed by atoms with van der Waals surface area (Å²) >= 11 is 0. The first-order valence-corrected chi connectivity index (χ1v) is 7.25. The number of para-hydroxylation sites is 1. The maximum atomic E-state index is 11.6. The molecule has 1 aliphatic carbocycles. The second-order valence-electron chi connectivity index (χ2n) is 5.54. The van der Waals surface area contributed by atoms with Gasteiger partial charge in [0.05, 0.1) is 0 Å². The Balaban J connectivity index is 1.62. The monoisotopic (exact) mass is 261 g/mol. The van der Waals surface area contributed by atoms with E-state index in [9.17, 15) is 4.79 Å². The minimum absolute atomic E-state index is 0.352. The Morgan fingerprint density at radius 3 is 2.58 bits per heavy atom. The van der Waals surface area contributed by atoms with Gasteiger partial charge in [0.15, 0.2) is 0 Å². The highest BCUT2D eigenvalue weighted by Gasteiger charge is 2.17. The van der Waals surface area contributed by atoms with Crippen LogP contribution in [0.4, 0.5) is 4.79 Å². The van der Waals surface area contributed by atoms with Crippen molar-refractivity contribution in [3.8, 4) is 5.75 Å². The summed E-state index contributed by atoms with van der Waals surface area (Å²) in [5.41, 5.74) is 0. The number of hydrogen-bond donors (Lipinski definition) is 1. The van der Waals surface area contributed by atoms with Crippen LogP contribution in [0.25, 0.3) is 0 Å².